The lowest BCUT2D eigenvalue weighted by molar-refractivity contribution is 0.293. The zero-order chi connectivity index (χ0) is 6.27. The van der Waals surface area contributed by atoms with E-state index < -0.39 is 0 Å². The van der Waals surface area contributed by atoms with Gasteiger partial charge in [-0.15, -0.1) is 0 Å². The Bertz CT molecular complexity index is 153. The van der Waals surface area contributed by atoms with E-state index in [0.29, 0.717) is 5.92 Å². The third-order valence-corrected chi connectivity index (χ3v) is 2.69. The van der Waals surface area contributed by atoms with E-state index in [9.17, 15) is 0 Å². The van der Waals surface area contributed by atoms with Crippen LogP contribution in [0.15, 0.2) is 5.16 Å². The van der Waals surface area contributed by atoms with E-state index >= 15 is 0 Å². The van der Waals surface area contributed by atoms with Crippen molar-refractivity contribution in [1.29, 1.82) is 0 Å². The van der Waals surface area contributed by atoms with Gasteiger partial charge in [0.1, 0.15) is 0 Å². The monoisotopic (exact) mass is 125 g/mol. The fourth-order valence-electron chi connectivity index (χ4n) is 2.09. The summed E-state index contributed by atoms with van der Waals surface area (Å²) >= 11 is 0. The highest BCUT2D eigenvalue weighted by Gasteiger charge is 2.40. The second-order valence-electron chi connectivity index (χ2n) is 3.09. The Morgan fingerprint density at radius 2 is 2.33 bits per heavy atom. The van der Waals surface area contributed by atoms with Gasteiger partial charge in [-0.3, -0.25) is 0 Å². The molecule has 0 aliphatic heterocycles. The zero-order valence-electron chi connectivity index (χ0n) is 5.38. The number of oxime groups is 1. The van der Waals surface area contributed by atoms with Crippen molar-refractivity contribution in [2.75, 3.05) is 0 Å². The molecule has 2 aliphatic carbocycles. The van der Waals surface area contributed by atoms with E-state index in [1.165, 1.54) is 19.3 Å². The minimum atomic E-state index is 0.676. The van der Waals surface area contributed by atoms with Crippen LogP contribution in [0.5, 0.6) is 0 Å². The molecule has 0 aromatic rings. The summed E-state index contributed by atoms with van der Waals surface area (Å²) in [6.07, 6.45) is 5.04. The Labute approximate surface area is 54.6 Å². The van der Waals surface area contributed by atoms with Gasteiger partial charge in [0.15, 0.2) is 0 Å². The van der Waals surface area contributed by atoms with Crippen LogP contribution in [0.2, 0.25) is 0 Å². The largest absolute Gasteiger partial charge is 0.411 e. The van der Waals surface area contributed by atoms with Crippen LogP contribution in [0.1, 0.15) is 25.7 Å². The second kappa shape index (κ2) is 1.72. The molecule has 2 unspecified atom stereocenters. The highest BCUT2D eigenvalue weighted by Crippen LogP contribution is 2.44. The topological polar surface area (TPSA) is 32.6 Å². The van der Waals surface area contributed by atoms with Gasteiger partial charge in [0, 0.05) is 5.92 Å². The Morgan fingerprint density at radius 3 is 3.00 bits per heavy atom. The SMILES string of the molecule is O/N=C1/CC2CCCC12. The van der Waals surface area contributed by atoms with Gasteiger partial charge in [-0.05, 0) is 25.2 Å². The fourth-order valence-corrected chi connectivity index (χ4v) is 2.09. The van der Waals surface area contributed by atoms with Crippen molar-refractivity contribution < 1.29 is 5.21 Å². The standard InChI is InChI=1S/C7H11NO/c9-8-7-4-5-2-1-3-6(5)7/h5-6,9H,1-4H2/b8-7-. The highest BCUT2D eigenvalue weighted by atomic mass is 16.4. The molecule has 2 heteroatoms. The minimum absolute atomic E-state index is 0.676. The molecule has 2 fully saturated rings. The van der Waals surface area contributed by atoms with E-state index in [1.54, 1.807) is 0 Å². The molecule has 50 valence electrons. The number of hydrogen-bond donors (Lipinski definition) is 1. The van der Waals surface area contributed by atoms with Crippen molar-refractivity contribution in [3.63, 3.8) is 0 Å². The van der Waals surface area contributed by atoms with Crippen molar-refractivity contribution in [3.8, 4) is 0 Å². The molecule has 2 rings (SSSR count). The molecule has 0 heterocycles. The third kappa shape index (κ3) is 0.590. The summed E-state index contributed by atoms with van der Waals surface area (Å²) in [6, 6.07) is 0. The van der Waals surface area contributed by atoms with Crippen molar-refractivity contribution in [2.24, 2.45) is 17.0 Å². The molecule has 0 aromatic carbocycles. The van der Waals surface area contributed by atoms with Crippen molar-refractivity contribution in [1.82, 2.24) is 0 Å². The third-order valence-electron chi connectivity index (χ3n) is 2.69. The summed E-state index contributed by atoms with van der Waals surface area (Å²) in [5, 5.41) is 11.7. The summed E-state index contributed by atoms with van der Waals surface area (Å²) in [5.74, 6) is 1.56. The van der Waals surface area contributed by atoms with Gasteiger partial charge in [0.25, 0.3) is 0 Å². The van der Waals surface area contributed by atoms with Crippen LogP contribution in [0.3, 0.4) is 0 Å². The predicted molar refractivity (Wildman–Crippen MR) is 34.7 cm³/mol. The molecular formula is C7H11NO. The molecule has 0 bridgehead atoms. The Kier molecular flexibility index (Phi) is 1.01. The van der Waals surface area contributed by atoms with Crippen LogP contribution < -0.4 is 0 Å². The summed E-state index contributed by atoms with van der Waals surface area (Å²) < 4.78 is 0. The molecule has 1 N–H and O–H groups in total. The van der Waals surface area contributed by atoms with E-state index in [1.807, 2.05) is 0 Å². The first-order valence-electron chi connectivity index (χ1n) is 3.62. The van der Waals surface area contributed by atoms with Crippen LogP contribution >= 0.6 is 0 Å². The van der Waals surface area contributed by atoms with Crippen molar-refractivity contribution >= 4 is 5.71 Å². The molecule has 0 saturated heterocycles. The Morgan fingerprint density at radius 1 is 1.44 bits per heavy atom. The average molecular weight is 125 g/mol. The van der Waals surface area contributed by atoms with Crippen molar-refractivity contribution in [3.05, 3.63) is 0 Å². The lowest BCUT2D eigenvalue weighted by Crippen LogP contribution is -2.32. The lowest BCUT2D eigenvalue weighted by Gasteiger charge is -2.30. The molecule has 9 heavy (non-hydrogen) atoms. The summed E-state index contributed by atoms with van der Waals surface area (Å²) in [6.45, 7) is 0. The lowest BCUT2D eigenvalue weighted by atomic mass is 9.74. The van der Waals surface area contributed by atoms with Crippen LogP contribution in [0.4, 0.5) is 0 Å². The zero-order valence-corrected chi connectivity index (χ0v) is 5.38. The maximum absolute atomic E-state index is 8.42. The molecule has 0 amide bonds. The molecule has 0 radical (unpaired) electrons. The first kappa shape index (κ1) is 5.27. The Hall–Kier alpha value is -0.530. The minimum Gasteiger partial charge on any atom is -0.411 e. The number of rotatable bonds is 0. The van der Waals surface area contributed by atoms with Crippen LogP contribution in [0, 0.1) is 11.8 Å². The summed E-state index contributed by atoms with van der Waals surface area (Å²) in [7, 11) is 0. The summed E-state index contributed by atoms with van der Waals surface area (Å²) in [5.41, 5.74) is 1.05. The predicted octanol–water partition coefficient (Wildman–Crippen LogP) is 1.64. The second-order valence-corrected chi connectivity index (χ2v) is 3.09. The van der Waals surface area contributed by atoms with E-state index in [-0.39, 0.29) is 0 Å². The first-order valence-corrected chi connectivity index (χ1v) is 3.62. The maximum atomic E-state index is 8.42. The van der Waals surface area contributed by atoms with Crippen LogP contribution in [0.25, 0.3) is 0 Å². The van der Waals surface area contributed by atoms with Gasteiger partial charge in [-0.25, -0.2) is 0 Å². The average Bonchev–Trinajstić information content (AvgIpc) is 2.14. The van der Waals surface area contributed by atoms with E-state index in [0.717, 1.165) is 18.1 Å². The van der Waals surface area contributed by atoms with E-state index in [4.69, 9.17) is 5.21 Å². The molecule has 2 aliphatic rings. The molecule has 0 aromatic heterocycles. The van der Waals surface area contributed by atoms with Gasteiger partial charge < -0.3 is 5.21 Å². The number of hydrogen-bond acceptors (Lipinski definition) is 2. The van der Waals surface area contributed by atoms with Crippen LogP contribution in [-0.2, 0) is 0 Å². The smallest absolute Gasteiger partial charge is 0.0607 e. The molecular weight excluding hydrogens is 114 g/mol. The fraction of sp³-hybridized carbons (Fsp3) is 0.857. The quantitative estimate of drug-likeness (QED) is 0.387. The van der Waals surface area contributed by atoms with Gasteiger partial charge >= 0.3 is 0 Å². The molecule has 2 saturated carbocycles. The van der Waals surface area contributed by atoms with Gasteiger partial charge in [-0.1, -0.05) is 11.6 Å². The van der Waals surface area contributed by atoms with E-state index in [2.05, 4.69) is 5.16 Å². The molecule has 0 spiro atoms. The normalized spacial score (nSPS) is 44.7. The molecule has 2 atom stereocenters. The van der Waals surface area contributed by atoms with Gasteiger partial charge in [0.05, 0.1) is 5.71 Å². The van der Waals surface area contributed by atoms with Gasteiger partial charge in [0.2, 0.25) is 0 Å². The Balaban J connectivity index is 2.09. The maximum Gasteiger partial charge on any atom is 0.0607 e. The molecule has 2 nitrogen and oxygen atoms in total. The number of nitrogens with zero attached hydrogens (tertiary/aromatic N) is 1. The van der Waals surface area contributed by atoms with Crippen LogP contribution in [-0.4, -0.2) is 10.9 Å². The number of fused-ring (bicyclic) bond motifs is 1. The van der Waals surface area contributed by atoms with Crippen molar-refractivity contribution in [2.45, 2.75) is 25.7 Å². The highest BCUT2D eigenvalue weighted by molar-refractivity contribution is 5.92. The van der Waals surface area contributed by atoms with Gasteiger partial charge in [-0.2, -0.15) is 0 Å². The summed E-state index contributed by atoms with van der Waals surface area (Å²) in [4.78, 5) is 0. The first-order chi connectivity index (χ1) is 4.42.